The van der Waals surface area contributed by atoms with E-state index in [1.165, 1.54) is 12.1 Å². The highest BCUT2D eigenvalue weighted by atomic mass is 35.5. The molecular weight excluding hydrogens is 312 g/mol. The van der Waals surface area contributed by atoms with Crippen LogP contribution in [0.15, 0.2) is 23.1 Å². The Bertz CT molecular complexity index is 536. The summed E-state index contributed by atoms with van der Waals surface area (Å²) in [5, 5.41) is 0. The average molecular weight is 328 g/mol. The van der Waals surface area contributed by atoms with Gasteiger partial charge in [0.2, 0.25) is 10.0 Å². The zero-order valence-corrected chi connectivity index (χ0v) is 13.0. The third-order valence-electron chi connectivity index (χ3n) is 2.98. The molecule has 0 aliphatic carbocycles. The number of benzene rings is 1. The Morgan fingerprint density at radius 3 is 2.37 bits per heavy atom. The first-order chi connectivity index (χ1) is 8.80. The zero-order chi connectivity index (χ0) is 14.7. The predicted octanol–water partition coefficient (Wildman–Crippen LogP) is 3.04. The molecule has 0 aliphatic rings. The minimum absolute atomic E-state index is 0.0423. The normalized spacial score (nSPS) is 12.7. The van der Waals surface area contributed by atoms with Crippen LogP contribution in [0.2, 0.25) is 0 Å². The molecule has 0 amide bonds. The maximum atomic E-state index is 13.2. The van der Waals surface area contributed by atoms with Gasteiger partial charge in [-0.15, -0.1) is 23.2 Å². The smallest absolute Gasteiger partial charge is 0.207 e. The molecule has 0 unspecified atom stereocenters. The van der Waals surface area contributed by atoms with E-state index in [2.05, 4.69) is 4.72 Å². The summed E-state index contributed by atoms with van der Waals surface area (Å²) < 4.78 is 40.3. The van der Waals surface area contributed by atoms with Crippen LogP contribution in [-0.2, 0) is 10.0 Å². The third-order valence-corrected chi connectivity index (χ3v) is 5.72. The topological polar surface area (TPSA) is 46.2 Å². The molecule has 1 N–H and O–H groups in total. The second-order valence-electron chi connectivity index (χ2n) is 4.42. The van der Waals surface area contributed by atoms with Crippen LogP contribution >= 0.6 is 23.2 Å². The van der Waals surface area contributed by atoms with Crippen molar-refractivity contribution in [3.63, 3.8) is 0 Å². The van der Waals surface area contributed by atoms with Gasteiger partial charge < -0.3 is 0 Å². The summed E-state index contributed by atoms with van der Waals surface area (Å²) in [6, 6.07) is 3.62. The summed E-state index contributed by atoms with van der Waals surface area (Å²) in [6.45, 7) is 3.38. The molecule has 1 rings (SSSR count). The standard InChI is InChI=1S/C12H16Cl2FNO2S/c1-3-12(7-13,8-14)16-19(17,18)11-6-10(15)5-4-9(11)2/h4-6,16H,3,7-8H2,1-2H3. The number of halogens is 3. The van der Waals surface area contributed by atoms with Crippen LogP contribution in [0, 0.1) is 12.7 Å². The van der Waals surface area contributed by atoms with Gasteiger partial charge in [-0.25, -0.2) is 17.5 Å². The van der Waals surface area contributed by atoms with Crippen molar-refractivity contribution in [3.05, 3.63) is 29.6 Å². The lowest BCUT2D eigenvalue weighted by Crippen LogP contribution is -2.51. The van der Waals surface area contributed by atoms with E-state index in [4.69, 9.17) is 23.2 Å². The third kappa shape index (κ3) is 3.81. The minimum Gasteiger partial charge on any atom is -0.207 e. The molecule has 0 saturated carbocycles. The van der Waals surface area contributed by atoms with Crippen molar-refractivity contribution in [3.8, 4) is 0 Å². The van der Waals surface area contributed by atoms with E-state index < -0.39 is 21.4 Å². The van der Waals surface area contributed by atoms with Gasteiger partial charge in [-0.1, -0.05) is 13.0 Å². The van der Waals surface area contributed by atoms with E-state index in [-0.39, 0.29) is 16.7 Å². The molecule has 0 saturated heterocycles. The van der Waals surface area contributed by atoms with Crippen molar-refractivity contribution in [1.82, 2.24) is 4.72 Å². The molecule has 0 atom stereocenters. The molecule has 1 aromatic carbocycles. The Hall–Kier alpha value is -0.360. The molecule has 108 valence electrons. The molecular formula is C12H16Cl2FNO2S. The van der Waals surface area contributed by atoms with Crippen LogP contribution in [0.4, 0.5) is 4.39 Å². The maximum Gasteiger partial charge on any atom is 0.241 e. The summed E-state index contributed by atoms with van der Waals surface area (Å²) >= 11 is 11.6. The molecule has 0 spiro atoms. The molecule has 0 aliphatic heterocycles. The van der Waals surface area contributed by atoms with Crippen LogP contribution in [0.3, 0.4) is 0 Å². The van der Waals surface area contributed by atoms with E-state index in [1.54, 1.807) is 13.8 Å². The lowest BCUT2D eigenvalue weighted by Gasteiger charge is -2.29. The van der Waals surface area contributed by atoms with Gasteiger partial charge >= 0.3 is 0 Å². The largest absolute Gasteiger partial charge is 0.241 e. The van der Waals surface area contributed by atoms with Crippen molar-refractivity contribution in [2.75, 3.05) is 11.8 Å². The van der Waals surface area contributed by atoms with Crippen LogP contribution in [0.5, 0.6) is 0 Å². The lowest BCUT2D eigenvalue weighted by molar-refractivity contribution is 0.449. The van der Waals surface area contributed by atoms with Gasteiger partial charge in [0.1, 0.15) is 5.82 Å². The van der Waals surface area contributed by atoms with Crippen LogP contribution in [0.1, 0.15) is 18.9 Å². The second-order valence-corrected chi connectivity index (χ2v) is 6.60. The highest BCUT2D eigenvalue weighted by Crippen LogP contribution is 2.22. The zero-order valence-electron chi connectivity index (χ0n) is 10.7. The monoisotopic (exact) mass is 327 g/mol. The van der Waals surface area contributed by atoms with Gasteiger partial charge in [0, 0.05) is 11.8 Å². The first kappa shape index (κ1) is 16.7. The number of aryl methyl sites for hydroxylation is 1. The van der Waals surface area contributed by atoms with Gasteiger partial charge in [-0.3, -0.25) is 0 Å². The van der Waals surface area contributed by atoms with E-state index >= 15 is 0 Å². The quantitative estimate of drug-likeness (QED) is 0.816. The van der Waals surface area contributed by atoms with Crippen molar-refractivity contribution in [2.45, 2.75) is 30.7 Å². The summed E-state index contributed by atoms with van der Waals surface area (Å²) in [6.07, 6.45) is 0.438. The van der Waals surface area contributed by atoms with Crippen molar-refractivity contribution in [2.24, 2.45) is 0 Å². The van der Waals surface area contributed by atoms with E-state index in [9.17, 15) is 12.8 Å². The Labute approximate surface area is 123 Å². The Kier molecular flexibility index (Phi) is 5.62. The molecule has 0 fully saturated rings. The molecule has 0 aromatic heterocycles. The first-order valence-electron chi connectivity index (χ1n) is 5.72. The highest BCUT2D eigenvalue weighted by molar-refractivity contribution is 7.89. The Balaban J connectivity index is 3.21. The fourth-order valence-electron chi connectivity index (χ4n) is 1.55. The summed E-state index contributed by atoms with van der Waals surface area (Å²) in [5.74, 6) is -0.522. The van der Waals surface area contributed by atoms with Crippen LogP contribution in [0.25, 0.3) is 0 Å². The van der Waals surface area contributed by atoms with Crippen LogP contribution in [-0.4, -0.2) is 25.7 Å². The summed E-state index contributed by atoms with van der Waals surface area (Å²) in [5.41, 5.74) is -0.469. The number of hydrogen-bond acceptors (Lipinski definition) is 2. The number of sulfonamides is 1. The fraction of sp³-hybridized carbons (Fsp3) is 0.500. The fourth-order valence-corrected chi connectivity index (χ4v) is 4.24. The first-order valence-corrected chi connectivity index (χ1v) is 8.27. The molecule has 0 bridgehead atoms. The van der Waals surface area contributed by atoms with Gasteiger partial charge in [0.25, 0.3) is 0 Å². The molecule has 1 aromatic rings. The Morgan fingerprint density at radius 2 is 1.89 bits per heavy atom. The number of alkyl halides is 2. The van der Waals surface area contributed by atoms with Crippen LogP contribution < -0.4 is 4.72 Å². The van der Waals surface area contributed by atoms with Gasteiger partial charge in [0.05, 0.1) is 10.4 Å². The summed E-state index contributed by atoms with van der Waals surface area (Å²) in [4.78, 5) is -0.0967. The lowest BCUT2D eigenvalue weighted by atomic mass is 10.0. The molecule has 0 heterocycles. The maximum absolute atomic E-state index is 13.2. The summed E-state index contributed by atoms with van der Waals surface area (Å²) in [7, 11) is -3.87. The van der Waals surface area contributed by atoms with E-state index in [1.807, 2.05) is 0 Å². The van der Waals surface area contributed by atoms with Gasteiger partial charge in [-0.2, -0.15) is 0 Å². The van der Waals surface area contributed by atoms with Crippen molar-refractivity contribution < 1.29 is 12.8 Å². The van der Waals surface area contributed by atoms with Crippen molar-refractivity contribution >= 4 is 33.2 Å². The predicted molar refractivity (Wildman–Crippen MR) is 75.9 cm³/mol. The number of nitrogens with one attached hydrogen (secondary N) is 1. The van der Waals surface area contributed by atoms with Gasteiger partial charge in [-0.05, 0) is 31.0 Å². The minimum atomic E-state index is -3.87. The molecule has 3 nitrogen and oxygen atoms in total. The molecule has 19 heavy (non-hydrogen) atoms. The number of hydrogen-bond donors (Lipinski definition) is 1. The van der Waals surface area contributed by atoms with E-state index in [0.29, 0.717) is 12.0 Å². The SMILES string of the molecule is CCC(CCl)(CCl)NS(=O)(=O)c1cc(F)ccc1C. The average Bonchev–Trinajstić information content (AvgIpc) is 2.39. The number of rotatable bonds is 6. The van der Waals surface area contributed by atoms with E-state index in [0.717, 1.165) is 6.07 Å². The highest BCUT2D eigenvalue weighted by Gasteiger charge is 2.33. The molecule has 7 heteroatoms. The second kappa shape index (κ2) is 6.39. The molecule has 0 radical (unpaired) electrons. The van der Waals surface area contributed by atoms with Crippen molar-refractivity contribution in [1.29, 1.82) is 0 Å². The van der Waals surface area contributed by atoms with Gasteiger partial charge in [0.15, 0.2) is 0 Å². The Morgan fingerprint density at radius 1 is 1.32 bits per heavy atom.